The second-order valence-corrected chi connectivity index (χ2v) is 1.60. The number of rotatable bonds is 2. The fourth-order valence-corrected chi connectivity index (χ4v) is 0.548. The zero-order chi connectivity index (χ0) is 7.40. The van der Waals surface area contributed by atoms with Crippen molar-refractivity contribution < 1.29 is 9.18 Å². The third kappa shape index (κ3) is 1.28. The summed E-state index contributed by atoms with van der Waals surface area (Å²) < 4.78 is 12.5. The minimum Gasteiger partial charge on any atom is -0.311 e. The lowest BCUT2D eigenvalue weighted by molar-refractivity contribution is -0.105. The molecule has 4 heteroatoms. The van der Waals surface area contributed by atoms with E-state index in [9.17, 15) is 9.18 Å². The molecule has 0 spiro atoms. The summed E-state index contributed by atoms with van der Waals surface area (Å²) in [5.74, 6) is -0.577. The second kappa shape index (κ2) is 2.91. The van der Waals surface area contributed by atoms with Crippen molar-refractivity contribution in [3.8, 4) is 0 Å². The number of anilines is 1. The van der Waals surface area contributed by atoms with Gasteiger partial charge in [0.1, 0.15) is 0 Å². The number of carbonyl (C=O) groups is 1. The number of nitrogens with zero attached hydrogens (tertiary/aromatic N) is 1. The van der Waals surface area contributed by atoms with Crippen molar-refractivity contribution in [3.63, 3.8) is 0 Å². The van der Waals surface area contributed by atoms with Crippen LogP contribution in [0.3, 0.4) is 0 Å². The van der Waals surface area contributed by atoms with Gasteiger partial charge in [0, 0.05) is 6.20 Å². The fourth-order valence-electron chi connectivity index (χ4n) is 0.548. The van der Waals surface area contributed by atoms with Crippen molar-refractivity contribution in [2.45, 2.75) is 0 Å². The van der Waals surface area contributed by atoms with Crippen LogP contribution in [0, 0.1) is 5.82 Å². The second-order valence-electron chi connectivity index (χ2n) is 1.60. The molecule has 1 rings (SSSR count). The zero-order valence-corrected chi connectivity index (χ0v) is 5.04. The zero-order valence-electron chi connectivity index (χ0n) is 5.04. The maximum atomic E-state index is 12.5. The normalized spacial score (nSPS) is 8.90. The number of carbonyl (C=O) groups excluding carboxylic acids is 1. The van der Waals surface area contributed by atoms with Crippen LogP contribution in [0.5, 0.6) is 0 Å². The van der Waals surface area contributed by atoms with E-state index in [1.807, 2.05) is 0 Å². The molecule has 0 fully saturated rings. The standard InChI is InChI=1S/C6H5FN2O/c7-5-2-1-3-8-6(5)9-4-10/h1-4H,(H,8,9,10). The van der Waals surface area contributed by atoms with Crippen molar-refractivity contribution in [1.29, 1.82) is 0 Å². The first-order chi connectivity index (χ1) is 4.84. The van der Waals surface area contributed by atoms with E-state index in [-0.39, 0.29) is 5.82 Å². The van der Waals surface area contributed by atoms with Gasteiger partial charge in [-0.15, -0.1) is 0 Å². The molecule has 0 saturated heterocycles. The van der Waals surface area contributed by atoms with Gasteiger partial charge in [-0.3, -0.25) is 4.79 Å². The van der Waals surface area contributed by atoms with Crippen LogP contribution in [0.2, 0.25) is 0 Å². The van der Waals surface area contributed by atoms with Crippen LogP contribution >= 0.6 is 0 Å². The number of halogens is 1. The first-order valence-electron chi connectivity index (χ1n) is 2.65. The Morgan fingerprint density at radius 3 is 3.10 bits per heavy atom. The molecule has 0 aliphatic carbocycles. The predicted molar refractivity (Wildman–Crippen MR) is 33.9 cm³/mol. The van der Waals surface area contributed by atoms with E-state index in [2.05, 4.69) is 10.3 Å². The van der Waals surface area contributed by atoms with Crippen LogP contribution in [0.1, 0.15) is 0 Å². The van der Waals surface area contributed by atoms with Crippen molar-refractivity contribution in [1.82, 2.24) is 4.98 Å². The molecule has 1 N–H and O–H groups in total. The molecule has 10 heavy (non-hydrogen) atoms. The molecule has 0 unspecified atom stereocenters. The predicted octanol–water partition coefficient (Wildman–Crippen LogP) is 0.789. The van der Waals surface area contributed by atoms with Gasteiger partial charge in [0.25, 0.3) is 0 Å². The molecular formula is C6H5FN2O. The Balaban J connectivity index is 2.91. The van der Waals surface area contributed by atoms with Crippen LogP contribution in [-0.2, 0) is 4.79 Å². The summed E-state index contributed by atoms with van der Waals surface area (Å²) in [7, 11) is 0. The lowest BCUT2D eigenvalue weighted by Gasteiger charge is -1.95. The van der Waals surface area contributed by atoms with E-state index in [1.54, 1.807) is 0 Å². The third-order valence-corrected chi connectivity index (χ3v) is 0.954. The maximum absolute atomic E-state index is 12.5. The van der Waals surface area contributed by atoms with E-state index in [0.717, 1.165) is 0 Å². The average Bonchev–Trinajstić information content (AvgIpc) is 1.94. The topological polar surface area (TPSA) is 42.0 Å². The van der Waals surface area contributed by atoms with Crippen molar-refractivity contribution in [3.05, 3.63) is 24.1 Å². The molecule has 0 aromatic carbocycles. The number of hydrogen-bond acceptors (Lipinski definition) is 2. The minimum absolute atomic E-state index is 0.0440. The van der Waals surface area contributed by atoms with Crippen LogP contribution in [0.4, 0.5) is 10.2 Å². The molecule has 1 aromatic heterocycles. The highest BCUT2D eigenvalue weighted by Crippen LogP contribution is 2.05. The highest BCUT2D eigenvalue weighted by atomic mass is 19.1. The Kier molecular flexibility index (Phi) is 1.94. The lowest BCUT2D eigenvalue weighted by Crippen LogP contribution is -1.98. The summed E-state index contributed by atoms with van der Waals surface area (Å²) in [4.78, 5) is 13.4. The Labute approximate surface area is 56.9 Å². The van der Waals surface area contributed by atoms with Gasteiger partial charge < -0.3 is 5.32 Å². The molecule has 0 saturated carbocycles. The number of pyridine rings is 1. The molecule has 3 nitrogen and oxygen atoms in total. The van der Waals surface area contributed by atoms with Crippen molar-refractivity contribution in [2.75, 3.05) is 5.32 Å². The van der Waals surface area contributed by atoms with E-state index in [0.29, 0.717) is 6.41 Å². The fraction of sp³-hybridized carbons (Fsp3) is 0. The molecular weight excluding hydrogens is 135 g/mol. The van der Waals surface area contributed by atoms with Gasteiger partial charge in [-0.25, -0.2) is 9.37 Å². The SMILES string of the molecule is O=CNc1ncccc1F. The summed E-state index contributed by atoms with van der Waals surface area (Å²) in [5, 5.41) is 2.11. The number of nitrogens with one attached hydrogen (secondary N) is 1. The van der Waals surface area contributed by atoms with E-state index in [1.165, 1.54) is 18.3 Å². The first kappa shape index (κ1) is 6.67. The van der Waals surface area contributed by atoms with Crippen LogP contribution < -0.4 is 5.32 Å². The molecule has 0 aliphatic heterocycles. The molecule has 0 atom stereocenters. The molecule has 1 heterocycles. The minimum atomic E-state index is -0.533. The third-order valence-electron chi connectivity index (χ3n) is 0.954. The van der Waals surface area contributed by atoms with Gasteiger partial charge in [0.15, 0.2) is 11.6 Å². The largest absolute Gasteiger partial charge is 0.311 e. The van der Waals surface area contributed by atoms with Crippen LogP contribution in [0.15, 0.2) is 18.3 Å². The molecule has 0 bridgehead atoms. The van der Waals surface area contributed by atoms with E-state index in [4.69, 9.17) is 0 Å². The summed E-state index contributed by atoms with van der Waals surface area (Å²) in [6.07, 6.45) is 1.78. The molecule has 1 amide bonds. The van der Waals surface area contributed by atoms with E-state index < -0.39 is 5.82 Å². The Hall–Kier alpha value is -1.45. The quantitative estimate of drug-likeness (QED) is 0.617. The summed E-state index contributed by atoms with van der Waals surface area (Å²) in [6.45, 7) is 0. The van der Waals surface area contributed by atoms with Gasteiger partial charge in [0.05, 0.1) is 0 Å². The number of amides is 1. The Bertz CT molecular complexity index is 239. The summed E-state index contributed by atoms with van der Waals surface area (Å²) >= 11 is 0. The molecule has 1 aromatic rings. The highest BCUT2D eigenvalue weighted by molar-refractivity contribution is 5.68. The molecule has 52 valence electrons. The van der Waals surface area contributed by atoms with E-state index >= 15 is 0 Å². The number of aromatic nitrogens is 1. The Morgan fingerprint density at radius 1 is 1.70 bits per heavy atom. The molecule has 0 radical (unpaired) electrons. The average molecular weight is 140 g/mol. The summed E-state index contributed by atoms with van der Waals surface area (Å²) in [6, 6.07) is 2.67. The smallest absolute Gasteiger partial charge is 0.212 e. The summed E-state index contributed by atoms with van der Waals surface area (Å²) in [5.41, 5.74) is 0. The van der Waals surface area contributed by atoms with Crippen molar-refractivity contribution >= 4 is 12.2 Å². The van der Waals surface area contributed by atoms with Crippen LogP contribution in [0.25, 0.3) is 0 Å². The number of hydrogen-bond donors (Lipinski definition) is 1. The Morgan fingerprint density at radius 2 is 2.50 bits per heavy atom. The lowest BCUT2D eigenvalue weighted by atomic mass is 10.4. The van der Waals surface area contributed by atoms with Gasteiger partial charge in [-0.1, -0.05) is 0 Å². The van der Waals surface area contributed by atoms with Gasteiger partial charge in [-0.2, -0.15) is 0 Å². The van der Waals surface area contributed by atoms with Gasteiger partial charge >= 0.3 is 0 Å². The first-order valence-corrected chi connectivity index (χ1v) is 2.65. The monoisotopic (exact) mass is 140 g/mol. The highest BCUT2D eigenvalue weighted by Gasteiger charge is 1.97. The maximum Gasteiger partial charge on any atom is 0.212 e. The van der Waals surface area contributed by atoms with Crippen LogP contribution in [-0.4, -0.2) is 11.4 Å². The molecule has 0 aliphatic rings. The van der Waals surface area contributed by atoms with Gasteiger partial charge in [-0.05, 0) is 12.1 Å². The van der Waals surface area contributed by atoms with Gasteiger partial charge in [0.2, 0.25) is 6.41 Å². The van der Waals surface area contributed by atoms with Crippen molar-refractivity contribution in [2.24, 2.45) is 0 Å².